The number of benzene rings is 1. The van der Waals surface area contributed by atoms with Crippen LogP contribution in [0.3, 0.4) is 0 Å². The molecular formula is C16H19NO2S. The Bertz CT molecular complexity index is 496. The van der Waals surface area contributed by atoms with Crippen molar-refractivity contribution in [2.24, 2.45) is 0 Å². The molecule has 0 N–H and O–H groups in total. The summed E-state index contributed by atoms with van der Waals surface area (Å²) >= 11 is 1.73. The number of imide groups is 1. The number of anilines is 1. The predicted molar refractivity (Wildman–Crippen MR) is 81.8 cm³/mol. The fourth-order valence-electron chi connectivity index (χ4n) is 2.99. The second-order valence-corrected chi connectivity index (χ2v) is 7.00. The molecule has 3 nitrogen and oxygen atoms in total. The van der Waals surface area contributed by atoms with Crippen LogP contribution < -0.4 is 4.90 Å². The summed E-state index contributed by atoms with van der Waals surface area (Å²) in [6, 6.07) is 9.25. The number of hydrogen-bond acceptors (Lipinski definition) is 3. The van der Waals surface area contributed by atoms with Gasteiger partial charge < -0.3 is 0 Å². The van der Waals surface area contributed by atoms with Gasteiger partial charge in [-0.1, -0.05) is 37.5 Å². The zero-order chi connectivity index (χ0) is 13.9. The standard InChI is InChI=1S/C16H19NO2S/c18-15-11-14(20-13-9-5-2-6-10-13)16(19)17(15)12-7-3-1-4-8-12/h1,3-4,7-8,13-14H,2,5-6,9-11H2. The van der Waals surface area contributed by atoms with E-state index in [9.17, 15) is 9.59 Å². The van der Waals surface area contributed by atoms with Gasteiger partial charge in [-0.15, -0.1) is 11.8 Å². The number of hydrogen-bond donors (Lipinski definition) is 0. The van der Waals surface area contributed by atoms with Gasteiger partial charge in [0.25, 0.3) is 0 Å². The first-order valence-corrected chi connectivity index (χ1v) is 8.27. The quantitative estimate of drug-likeness (QED) is 0.800. The van der Waals surface area contributed by atoms with E-state index < -0.39 is 0 Å². The Hall–Kier alpha value is -1.29. The minimum atomic E-state index is -0.175. The highest BCUT2D eigenvalue weighted by atomic mass is 32.2. The summed E-state index contributed by atoms with van der Waals surface area (Å²) in [4.78, 5) is 26.0. The fourth-order valence-corrected chi connectivity index (χ4v) is 4.52. The van der Waals surface area contributed by atoms with Crippen LogP contribution in [0.4, 0.5) is 5.69 Å². The Morgan fingerprint density at radius 2 is 1.70 bits per heavy atom. The van der Waals surface area contributed by atoms with Crippen molar-refractivity contribution < 1.29 is 9.59 Å². The highest BCUT2D eigenvalue weighted by Gasteiger charge is 2.40. The molecule has 106 valence electrons. The predicted octanol–water partition coefficient (Wildman–Crippen LogP) is 3.38. The largest absolute Gasteiger partial charge is 0.274 e. The van der Waals surface area contributed by atoms with Crippen molar-refractivity contribution in [3.63, 3.8) is 0 Å². The highest BCUT2D eigenvalue weighted by Crippen LogP contribution is 2.36. The van der Waals surface area contributed by atoms with Crippen LogP contribution in [0.2, 0.25) is 0 Å². The van der Waals surface area contributed by atoms with Gasteiger partial charge in [0.1, 0.15) is 0 Å². The SMILES string of the molecule is O=C1CC(SC2CCCCC2)C(=O)N1c1ccccc1. The summed E-state index contributed by atoms with van der Waals surface area (Å²) in [5.41, 5.74) is 0.703. The summed E-state index contributed by atoms with van der Waals surface area (Å²) in [5.74, 6) is -0.0914. The van der Waals surface area contributed by atoms with Crippen LogP contribution in [0.15, 0.2) is 30.3 Å². The molecule has 0 bridgehead atoms. The normalized spacial score (nSPS) is 24.4. The van der Waals surface area contributed by atoms with Crippen molar-refractivity contribution >= 4 is 29.3 Å². The lowest BCUT2D eigenvalue weighted by molar-refractivity contribution is -0.121. The number of para-hydroxylation sites is 1. The van der Waals surface area contributed by atoms with Crippen molar-refractivity contribution in [3.8, 4) is 0 Å². The molecule has 1 saturated carbocycles. The van der Waals surface area contributed by atoms with E-state index in [1.54, 1.807) is 11.8 Å². The van der Waals surface area contributed by atoms with Crippen molar-refractivity contribution in [1.82, 2.24) is 0 Å². The second-order valence-electron chi connectivity index (χ2n) is 5.49. The van der Waals surface area contributed by atoms with E-state index in [1.807, 2.05) is 30.3 Å². The van der Waals surface area contributed by atoms with E-state index in [0.717, 1.165) is 0 Å². The third-order valence-corrected chi connectivity index (χ3v) is 5.58. The van der Waals surface area contributed by atoms with Crippen LogP contribution in [0.5, 0.6) is 0 Å². The first kappa shape index (κ1) is 13.7. The van der Waals surface area contributed by atoms with Crippen LogP contribution in [-0.4, -0.2) is 22.3 Å². The van der Waals surface area contributed by atoms with E-state index in [-0.39, 0.29) is 17.1 Å². The topological polar surface area (TPSA) is 37.4 Å². The number of nitrogens with zero attached hydrogens (tertiary/aromatic N) is 1. The van der Waals surface area contributed by atoms with Gasteiger partial charge in [0.2, 0.25) is 11.8 Å². The molecule has 1 heterocycles. The van der Waals surface area contributed by atoms with Crippen molar-refractivity contribution in [2.45, 2.75) is 49.0 Å². The van der Waals surface area contributed by atoms with Crippen LogP contribution >= 0.6 is 11.8 Å². The third kappa shape index (κ3) is 2.75. The molecule has 4 heteroatoms. The van der Waals surface area contributed by atoms with Crippen LogP contribution in [0.1, 0.15) is 38.5 Å². The van der Waals surface area contributed by atoms with E-state index in [4.69, 9.17) is 0 Å². The molecule has 1 saturated heterocycles. The molecule has 0 spiro atoms. The second kappa shape index (κ2) is 6.00. The molecule has 1 aromatic rings. The molecule has 1 aliphatic carbocycles. The van der Waals surface area contributed by atoms with Gasteiger partial charge in [-0.05, 0) is 25.0 Å². The van der Waals surface area contributed by atoms with Gasteiger partial charge in [0.15, 0.2) is 0 Å². The van der Waals surface area contributed by atoms with Crippen molar-refractivity contribution in [3.05, 3.63) is 30.3 Å². The molecule has 2 fully saturated rings. The molecule has 1 aliphatic heterocycles. The number of rotatable bonds is 3. The molecule has 2 aliphatic rings. The molecule has 1 atom stereocenters. The summed E-state index contributed by atoms with van der Waals surface area (Å²) < 4.78 is 0. The molecule has 3 rings (SSSR count). The highest BCUT2D eigenvalue weighted by molar-refractivity contribution is 8.01. The molecule has 2 amide bonds. The molecule has 1 unspecified atom stereocenters. The monoisotopic (exact) mass is 289 g/mol. The maximum Gasteiger partial charge on any atom is 0.247 e. The Morgan fingerprint density at radius 1 is 1.00 bits per heavy atom. The zero-order valence-corrected chi connectivity index (χ0v) is 12.3. The maximum absolute atomic E-state index is 12.5. The van der Waals surface area contributed by atoms with Crippen molar-refractivity contribution in [1.29, 1.82) is 0 Å². The molecular weight excluding hydrogens is 270 g/mol. The van der Waals surface area contributed by atoms with Gasteiger partial charge in [-0.2, -0.15) is 0 Å². The maximum atomic E-state index is 12.5. The average Bonchev–Trinajstić information content (AvgIpc) is 2.75. The Labute approximate surface area is 123 Å². The van der Waals surface area contributed by atoms with Gasteiger partial charge in [0.05, 0.1) is 10.9 Å². The Kier molecular flexibility index (Phi) is 4.10. The third-order valence-electron chi connectivity index (χ3n) is 4.03. The summed E-state index contributed by atoms with van der Waals surface area (Å²) in [7, 11) is 0. The van der Waals surface area contributed by atoms with Crippen LogP contribution in [0, 0.1) is 0 Å². The van der Waals surface area contributed by atoms with Crippen molar-refractivity contribution in [2.75, 3.05) is 4.90 Å². The summed E-state index contributed by atoms with van der Waals surface area (Å²) in [6.45, 7) is 0. The van der Waals surface area contributed by atoms with Gasteiger partial charge >= 0.3 is 0 Å². The minimum absolute atomic E-state index is 0.0308. The molecule has 1 aromatic carbocycles. The molecule has 0 radical (unpaired) electrons. The number of amides is 2. The summed E-state index contributed by atoms with van der Waals surface area (Å²) in [6.07, 6.45) is 6.56. The van der Waals surface area contributed by atoms with Gasteiger partial charge in [-0.25, -0.2) is 4.90 Å². The van der Waals surface area contributed by atoms with E-state index in [1.165, 1.54) is 37.0 Å². The van der Waals surface area contributed by atoms with E-state index >= 15 is 0 Å². The fraction of sp³-hybridized carbons (Fsp3) is 0.500. The first-order chi connectivity index (χ1) is 9.75. The molecule has 20 heavy (non-hydrogen) atoms. The van der Waals surface area contributed by atoms with E-state index in [2.05, 4.69) is 0 Å². The first-order valence-electron chi connectivity index (χ1n) is 7.33. The minimum Gasteiger partial charge on any atom is -0.274 e. The van der Waals surface area contributed by atoms with E-state index in [0.29, 0.717) is 17.4 Å². The summed E-state index contributed by atoms with van der Waals surface area (Å²) in [5, 5.41) is 0.382. The van der Waals surface area contributed by atoms with Gasteiger partial charge in [-0.3, -0.25) is 9.59 Å². The number of carbonyl (C=O) groups excluding carboxylic acids is 2. The number of carbonyl (C=O) groups is 2. The van der Waals surface area contributed by atoms with Crippen LogP contribution in [-0.2, 0) is 9.59 Å². The lowest BCUT2D eigenvalue weighted by atomic mass is 10.0. The smallest absolute Gasteiger partial charge is 0.247 e. The van der Waals surface area contributed by atoms with Crippen LogP contribution in [0.25, 0.3) is 0 Å². The zero-order valence-electron chi connectivity index (χ0n) is 11.5. The lowest BCUT2D eigenvalue weighted by Gasteiger charge is -2.23. The average molecular weight is 289 g/mol. The molecule has 0 aromatic heterocycles. The lowest BCUT2D eigenvalue weighted by Crippen LogP contribution is -2.31. The van der Waals surface area contributed by atoms with Gasteiger partial charge in [0, 0.05) is 11.7 Å². The Balaban J connectivity index is 1.70. The number of thioether (sulfide) groups is 1. The Morgan fingerprint density at radius 3 is 2.40 bits per heavy atom.